The average molecular weight is 712 g/mol. The first-order valence-corrected chi connectivity index (χ1v) is 22.1. The van der Waals surface area contributed by atoms with Gasteiger partial charge in [-0.1, -0.05) is 188 Å². The van der Waals surface area contributed by atoms with E-state index in [1.165, 1.54) is 167 Å². The highest BCUT2D eigenvalue weighted by Crippen LogP contribution is 2.18. The molecule has 2 atom stereocenters. The second kappa shape index (κ2) is 38.0. The van der Waals surface area contributed by atoms with Crippen molar-refractivity contribution in [3.8, 4) is 0 Å². The van der Waals surface area contributed by atoms with Gasteiger partial charge < -0.3 is 24.3 Å². The van der Waals surface area contributed by atoms with E-state index in [4.69, 9.17) is 18.9 Å². The van der Waals surface area contributed by atoms with Crippen LogP contribution in [-0.4, -0.2) is 63.8 Å². The number of hydrogen-bond donors (Lipinski definition) is 1. The Morgan fingerprint density at radius 1 is 0.520 bits per heavy atom. The topological polar surface area (TPSA) is 66.0 Å². The summed E-state index contributed by atoms with van der Waals surface area (Å²) in [6.45, 7) is 13.2. The third-order valence-electron chi connectivity index (χ3n) is 10.5. The summed E-state index contributed by atoms with van der Waals surface area (Å²) in [5, 5.41) is 3.20. The lowest BCUT2D eigenvalue weighted by Gasteiger charge is -2.31. The highest BCUT2D eigenvalue weighted by Gasteiger charge is 2.34. The maximum atomic E-state index is 13.4. The van der Waals surface area contributed by atoms with E-state index in [-0.39, 0.29) is 18.1 Å². The Morgan fingerprint density at radius 3 is 1.14 bits per heavy atom. The molecule has 0 aromatic rings. The summed E-state index contributed by atoms with van der Waals surface area (Å²) in [6, 6.07) is -0.185. The Morgan fingerprint density at radius 2 is 0.840 bits per heavy atom. The summed E-state index contributed by atoms with van der Waals surface area (Å²) in [7, 11) is 1.66. The van der Waals surface area contributed by atoms with Crippen LogP contribution in [0.25, 0.3) is 0 Å². The number of unbranched alkanes of at least 4 members (excludes halogenated alkanes) is 26. The van der Waals surface area contributed by atoms with Gasteiger partial charge in [0.1, 0.15) is 5.60 Å². The molecule has 0 spiro atoms. The molecule has 0 heterocycles. The van der Waals surface area contributed by atoms with E-state index in [1.54, 1.807) is 7.11 Å². The van der Waals surface area contributed by atoms with Crippen molar-refractivity contribution < 1.29 is 23.7 Å². The fourth-order valence-corrected chi connectivity index (χ4v) is 6.42. The Balaban J connectivity index is 4.24. The average Bonchev–Trinajstić information content (AvgIpc) is 3.12. The van der Waals surface area contributed by atoms with Gasteiger partial charge in [-0.25, -0.2) is 0 Å². The van der Waals surface area contributed by atoms with E-state index < -0.39 is 5.60 Å². The predicted molar refractivity (Wildman–Crippen MR) is 215 cm³/mol. The third kappa shape index (κ3) is 32.0. The Bertz CT molecular complexity index is 655. The van der Waals surface area contributed by atoms with E-state index in [0.717, 1.165) is 26.1 Å². The monoisotopic (exact) mass is 712 g/mol. The molecule has 300 valence electrons. The third-order valence-corrected chi connectivity index (χ3v) is 10.5. The quantitative estimate of drug-likeness (QED) is 0.0640. The van der Waals surface area contributed by atoms with E-state index in [9.17, 15) is 4.79 Å². The van der Waals surface area contributed by atoms with Crippen molar-refractivity contribution in [3.63, 3.8) is 0 Å². The van der Waals surface area contributed by atoms with Gasteiger partial charge in [-0.2, -0.15) is 0 Å². The van der Waals surface area contributed by atoms with Crippen LogP contribution < -0.4 is 5.32 Å². The maximum Gasteiger partial charge on any atom is 0.252 e. The number of amides is 1. The minimum atomic E-state index is -0.908. The zero-order chi connectivity index (χ0) is 36.8. The summed E-state index contributed by atoms with van der Waals surface area (Å²) < 4.78 is 23.6. The van der Waals surface area contributed by atoms with Gasteiger partial charge >= 0.3 is 0 Å². The van der Waals surface area contributed by atoms with Gasteiger partial charge in [-0.3, -0.25) is 4.79 Å². The largest absolute Gasteiger partial charge is 0.379 e. The van der Waals surface area contributed by atoms with Gasteiger partial charge in [0.2, 0.25) is 0 Å². The molecule has 0 saturated carbocycles. The van der Waals surface area contributed by atoms with Crippen LogP contribution in [-0.2, 0) is 23.7 Å². The van der Waals surface area contributed by atoms with Gasteiger partial charge in [0.25, 0.3) is 5.91 Å². The molecule has 0 radical (unpaired) electrons. The number of nitrogens with one attached hydrogen (secondary N) is 1. The zero-order valence-corrected chi connectivity index (χ0v) is 34.7. The molecule has 50 heavy (non-hydrogen) atoms. The Labute approximate surface area is 313 Å². The van der Waals surface area contributed by atoms with Crippen LogP contribution in [0.2, 0.25) is 0 Å². The molecule has 0 rings (SSSR count). The number of rotatable bonds is 41. The van der Waals surface area contributed by atoms with Crippen molar-refractivity contribution >= 4 is 5.91 Å². The number of methoxy groups -OCH3 is 1. The van der Waals surface area contributed by atoms with Crippen molar-refractivity contribution in [1.29, 1.82) is 0 Å². The van der Waals surface area contributed by atoms with Gasteiger partial charge in [0.05, 0.1) is 32.0 Å². The SMILES string of the molecule is CCCCCCCCCCCCCCCCOCC(COCCCCCCCCCCCCCCCC)NC(=O)C(C)(CC)OCC(C)OC. The van der Waals surface area contributed by atoms with Crippen molar-refractivity contribution in [2.75, 3.05) is 40.1 Å². The number of ether oxygens (including phenoxy) is 4. The van der Waals surface area contributed by atoms with Crippen LogP contribution in [0.3, 0.4) is 0 Å². The summed E-state index contributed by atoms with van der Waals surface area (Å²) >= 11 is 0. The molecule has 0 saturated heterocycles. The molecule has 0 aromatic heterocycles. The van der Waals surface area contributed by atoms with Crippen LogP contribution in [0, 0.1) is 0 Å². The smallest absolute Gasteiger partial charge is 0.252 e. The number of carbonyl (C=O) groups is 1. The fourth-order valence-electron chi connectivity index (χ4n) is 6.42. The fraction of sp³-hybridized carbons (Fsp3) is 0.977. The van der Waals surface area contributed by atoms with Gasteiger partial charge in [-0.15, -0.1) is 0 Å². The van der Waals surface area contributed by atoms with Crippen molar-refractivity contribution in [3.05, 3.63) is 0 Å². The second-order valence-electron chi connectivity index (χ2n) is 15.5. The molecule has 6 nitrogen and oxygen atoms in total. The molecule has 0 fully saturated rings. The van der Waals surface area contributed by atoms with Crippen LogP contribution in [0.5, 0.6) is 0 Å². The lowest BCUT2D eigenvalue weighted by atomic mass is 10.0. The van der Waals surface area contributed by atoms with E-state index >= 15 is 0 Å². The van der Waals surface area contributed by atoms with Gasteiger partial charge in [-0.05, 0) is 33.1 Å². The molecule has 2 unspecified atom stereocenters. The molecule has 0 aliphatic rings. The van der Waals surface area contributed by atoms with E-state index in [0.29, 0.717) is 26.2 Å². The second-order valence-corrected chi connectivity index (χ2v) is 15.5. The Kier molecular flexibility index (Phi) is 37.5. The lowest BCUT2D eigenvalue weighted by molar-refractivity contribution is -0.151. The van der Waals surface area contributed by atoms with E-state index in [2.05, 4.69) is 19.2 Å². The molecule has 1 amide bonds. The number of carbonyl (C=O) groups excluding carboxylic acids is 1. The molecule has 0 aromatic carbocycles. The van der Waals surface area contributed by atoms with Crippen LogP contribution in [0.4, 0.5) is 0 Å². The minimum absolute atomic E-state index is 0.0636. The van der Waals surface area contributed by atoms with Crippen molar-refractivity contribution in [1.82, 2.24) is 5.32 Å². The standard InChI is InChI=1S/C44H89NO5/c1-7-10-12-14-16-18-20-22-24-26-28-30-32-34-36-48-39-42(45-43(46)44(5,9-3)50-38-41(4)47-6)40-49-37-35-33-31-29-27-25-23-21-19-17-15-13-11-8-2/h41-42H,7-40H2,1-6H3,(H,45,46). The maximum absolute atomic E-state index is 13.4. The van der Waals surface area contributed by atoms with Crippen molar-refractivity contribution in [2.45, 2.75) is 239 Å². The molecule has 0 bridgehead atoms. The van der Waals surface area contributed by atoms with Gasteiger partial charge in [0.15, 0.2) is 0 Å². The molecular formula is C44H89NO5. The van der Waals surface area contributed by atoms with E-state index in [1.807, 2.05) is 20.8 Å². The molecule has 0 aliphatic heterocycles. The predicted octanol–water partition coefficient (Wildman–Crippen LogP) is 12.7. The normalized spacial score (nSPS) is 13.6. The van der Waals surface area contributed by atoms with Crippen LogP contribution >= 0.6 is 0 Å². The summed E-state index contributed by atoms with van der Waals surface area (Å²) in [5.74, 6) is -0.103. The first-order chi connectivity index (χ1) is 24.4. The highest BCUT2D eigenvalue weighted by molar-refractivity contribution is 5.85. The molecule has 1 N–H and O–H groups in total. The zero-order valence-electron chi connectivity index (χ0n) is 34.7. The first-order valence-electron chi connectivity index (χ1n) is 22.1. The summed E-state index contributed by atoms with van der Waals surface area (Å²) in [5.41, 5.74) is -0.908. The molecule has 6 heteroatoms. The summed E-state index contributed by atoms with van der Waals surface area (Å²) in [4.78, 5) is 13.4. The summed E-state index contributed by atoms with van der Waals surface area (Å²) in [6.07, 6.45) is 38.3. The number of hydrogen-bond acceptors (Lipinski definition) is 5. The van der Waals surface area contributed by atoms with Gasteiger partial charge in [0, 0.05) is 20.3 Å². The van der Waals surface area contributed by atoms with Crippen molar-refractivity contribution in [2.24, 2.45) is 0 Å². The first kappa shape index (κ1) is 49.3. The molecular weight excluding hydrogens is 622 g/mol. The highest BCUT2D eigenvalue weighted by atomic mass is 16.5. The molecule has 0 aliphatic carbocycles. The Hall–Kier alpha value is -0.690. The van der Waals surface area contributed by atoms with Crippen LogP contribution in [0.15, 0.2) is 0 Å². The van der Waals surface area contributed by atoms with Crippen LogP contribution in [0.1, 0.15) is 221 Å². The minimum Gasteiger partial charge on any atom is -0.379 e. The lowest BCUT2D eigenvalue weighted by Crippen LogP contribution is -2.53.